The van der Waals surface area contributed by atoms with E-state index in [-0.39, 0.29) is 11.5 Å². The van der Waals surface area contributed by atoms with E-state index < -0.39 is 0 Å². The Morgan fingerprint density at radius 2 is 0.923 bits per heavy atom. The van der Waals surface area contributed by atoms with E-state index in [4.69, 9.17) is 9.47 Å². The summed E-state index contributed by atoms with van der Waals surface area (Å²) in [4.78, 5) is 0. The number of unbranched alkanes of at least 4 members (excludes halogenated alkanes) is 7. The first-order valence-electron chi connectivity index (χ1n) is 9.58. The zero-order chi connectivity index (χ0) is 18.5. The fourth-order valence-corrected chi connectivity index (χ4v) is 2.79. The van der Waals surface area contributed by atoms with E-state index in [0.29, 0.717) is 13.2 Å². The normalized spacial score (nSPS) is 10.6. The van der Waals surface area contributed by atoms with E-state index in [2.05, 4.69) is 0 Å². The van der Waals surface area contributed by atoms with Gasteiger partial charge < -0.3 is 19.7 Å². The minimum Gasteiger partial charge on any atom is -0.508 e. The van der Waals surface area contributed by atoms with Crippen molar-refractivity contribution in [2.24, 2.45) is 0 Å². The minimum atomic E-state index is 0.245. The van der Waals surface area contributed by atoms with Crippen LogP contribution in [0.3, 0.4) is 0 Å². The van der Waals surface area contributed by atoms with Crippen LogP contribution in [-0.2, 0) is 0 Å². The fourth-order valence-electron chi connectivity index (χ4n) is 2.79. The molecular formula is C22H30O4. The van der Waals surface area contributed by atoms with Gasteiger partial charge in [0.15, 0.2) is 0 Å². The lowest BCUT2D eigenvalue weighted by Crippen LogP contribution is -1.97. The van der Waals surface area contributed by atoms with Crippen molar-refractivity contribution < 1.29 is 19.7 Å². The molecule has 26 heavy (non-hydrogen) atoms. The number of phenols is 2. The van der Waals surface area contributed by atoms with Gasteiger partial charge in [-0.1, -0.05) is 50.7 Å². The van der Waals surface area contributed by atoms with Gasteiger partial charge in [0.25, 0.3) is 0 Å². The summed E-state index contributed by atoms with van der Waals surface area (Å²) in [5.41, 5.74) is 0. The van der Waals surface area contributed by atoms with Crippen molar-refractivity contribution in [1.82, 2.24) is 0 Å². The Kier molecular flexibility index (Phi) is 9.26. The molecule has 0 saturated carbocycles. The highest BCUT2D eigenvalue weighted by Gasteiger charge is 1.97. The maximum atomic E-state index is 9.36. The van der Waals surface area contributed by atoms with Gasteiger partial charge in [0.1, 0.15) is 23.0 Å². The van der Waals surface area contributed by atoms with Crippen LogP contribution in [0.4, 0.5) is 0 Å². The van der Waals surface area contributed by atoms with Crippen molar-refractivity contribution >= 4 is 0 Å². The van der Waals surface area contributed by atoms with Crippen LogP contribution in [0.2, 0.25) is 0 Å². The molecule has 0 aliphatic rings. The van der Waals surface area contributed by atoms with E-state index in [9.17, 15) is 10.2 Å². The summed E-state index contributed by atoms with van der Waals surface area (Å²) in [5.74, 6) is 1.96. The van der Waals surface area contributed by atoms with Crippen LogP contribution in [0.1, 0.15) is 51.4 Å². The summed E-state index contributed by atoms with van der Waals surface area (Å²) in [7, 11) is 0. The minimum absolute atomic E-state index is 0.245. The molecule has 0 atom stereocenters. The van der Waals surface area contributed by atoms with Gasteiger partial charge in [0, 0.05) is 12.1 Å². The zero-order valence-electron chi connectivity index (χ0n) is 15.4. The summed E-state index contributed by atoms with van der Waals surface area (Å²) < 4.78 is 11.2. The van der Waals surface area contributed by atoms with Crippen LogP contribution in [0.25, 0.3) is 0 Å². The molecule has 2 aromatic carbocycles. The smallest absolute Gasteiger partial charge is 0.122 e. The van der Waals surface area contributed by atoms with Crippen molar-refractivity contribution in [2.45, 2.75) is 51.4 Å². The molecule has 0 radical (unpaired) electrons. The third kappa shape index (κ3) is 8.65. The van der Waals surface area contributed by atoms with Crippen LogP contribution in [-0.4, -0.2) is 23.4 Å². The predicted molar refractivity (Wildman–Crippen MR) is 104 cm³/mol. The molecule has 0 aliphatic carbocycles. The number of phenolic OH excluding ortho intramolecular Hbond substituents is 2. The van der Waals surface area contributed by atoms with E-state index in [1.807, 2.05) is 12.1 Å². The standard InChI is InChI=1S/C22H30O4/c23-19-11-9-13-21(17-19)25-15-7-5-3-1-2-4-6-8-16-26-22-14-10-12-20(24)18-22/h9-14,17-18,23-24H,1-8,15-16H2. The van der Waals surface area contributed by atoms with Gasteiger partial charge in [0.2, 0.25) is 0 Å². The molecule has 0 aromatic heterocycles. The first kappa shape index (κ1) is 20.0. The fraction of sp³-hybridized carbons (Fsp3) is 0.455. The van der Waals surface area contributed by atoms with Gasteiger partial charge in [-0.3, -0.25) is 0 Å². The van der Waals surface area contributed by atoms with Gasteiger partial charge >= 0.3 is 0 Å². The Bertz CT molecular complexity index is 572. The van der Waals surface area contributed by atoms with Crippen LogP contribution in [0.5, 0.6) is 23.0 Å². The van der Waals surface area contributed by atoms with E-state index in [1.54, 1.807) is 36.4 Å². The molecule has 2 aromatic rings. The molecule has 0 fully saturated rings. The van der Waals surface area contributed by atoms with Crippen molar-refractivity contribution in [3.63, 3.8) is 0 Å². The number of aromatic hydroxyl groups is 2. The van der Waals surface area contributed by atoms with E-state index in [0.717, 1.165) is 24.3 Å². The van der Waals surface area contributed by atoms with Crippen molar-refractivity contribution in [3.05, 3.63) is 48.5 Å². The number of hydrogen-bond acceptors (Lipinski definition) is 4. The second-order valence-corrected chi connectivity index (χ2v) is 6.52. The molecule has 0 saturated heterocycles. The Morgan fingerprint density at radius 3 is 1.31 bits per heavy atom. The maximum absolute atomic E-state index is 9.36. The summed E-state index contributed by atoms with van der Waals surface area (Å²) >= 11 is 0. The topological polar surface area (TPSA) is 58.9 Å². The zero-order valence-corrected chi connectivity index (χ0v) is 15.4. The molecule has 4 nitrogen and oxygen atoms in total. The van der Waals surface area contributed by atoms with Crippen LogP contribution >= 0.6 is 0 Å². The van der Waals surface area contributed by atoms with Crippen LogP contribution < -0.4 is 9.47 Å². The number of ether oxygens (including phenoxy) is 2. The first-order chi connectivity index (χ1) is 12.7. The quantitative estimate of drug-likeness (QED) is 0.453. The lowest BCUT2D eigenvalue weighted by Gasteiger charge is -2.07. The SMILES string of the molecule is Oc1cccc(OCCCCCCCCCCOc2cccc(O)c2)c1. The summed E-state index contributed by atoms with van der Waals surface area (Å²) in [6.45, 7) is 1.41. The molecule has 4 heteroatoms. The maximum Gasteiger partial charge on any atom is 0.122 e. The molecular weight excluding hydrogens is 328 g/mol. The molecule has 142 valence electrons. The van der Waals surface area contributed by atoms with E-state index in [1.165, 1.54) is 38.5 Å². The Balaban J connectivity index is 1.36. The predicted octanol–water partition coefficient (Wildman–Crippen LogP) is 5.68. The molecule has 0 unspecified atom stereocenters. The molecule has 0 heterocycles. The van der Waals surface area contributed by atoms with Crippen molar-refractivity contribution in [2.75, 3.05) is 13.2 Å². The lowest BCUT2D eigenvalue weighted by molar-refractivity contribution is 0.299. The number of hydrogen-bond donors (Lipinski definition) is 2. The highest BCUT2D eigenvalue weighted by Crippen LogP contribution is 2.19. The van der Waals surface area contributed by atoms with Gasteiger partial charge in [0.05, 0.1) is 13.2 Å². The van der Waals surface area contributed by atoms with Gasteiger partial charge in [-0.2, -0.15) is 0 Å². The molecule has 0 aliphatic heterocycles. The summed E-state index contributed by atoms with van der Waals surface area (Å²) in [6.07, 6.45) is 9.46. The molecule has 2 rings (SSSR count). The first-order valence-corrected chi connectivity index (χ1v) is 9.58. The van der Waals surface area contributed by atoms with E-state index >= 15 is 0 Å². The second kappa shape index (κ2) is 12.1. The summed E-state index contributed by atoms with van der Waals surface area (Å²) in [6, 6.07) is 13.9. The average Bonchev–Trinajstić information content (AvgIpc) is 2.63. The van der Waals surface area contributed by atoms with Gasteiger partial charge in [-0.05, 0) is 37.1 Å². The third-order valence-corrected chi connectivity index (χ3v) is 4.21. The number of rotatable bonds is 13. The molecule has 0 spiro atoms. The molecule has 0 bridgehead atoms. The highest BCUT2D eigenvalue weighted by atomic mass is 16.5. The Labute approximate surface area is 156 Å². The third-order valence-electron chi connectivity index (χ3n) is 4.21. The number of benzene rings is 2. The lowest BCUT2D eigenvalue weighted by atomic mass is 10.1. The molecule has 0 amide bonds. The Morgan fingerprint density at radius 1 is 0.538 bits per heavy atom. The highest BCUT2D eigenvalue weighted by molar-refractivity contribution is 5.32. The van der Waals surface area contributed by atoms with Gasteiger partial charge in [-0.25, -0.2) is 0 Å². The van der Waals surface area contributed by atoms with Crippen molar-refractivity contribution in [3.8, 4) is 23.0 Å². The largest absolute Gasteiger partial charge is 0.508 e. The Hall–Kier alpha value is -2.36. The molecule has 2 N–H and O–H groups in total. The van der Waals surface area contributed by atoms with Crippen LogP contribution in [0.15, 0.2) is 48.5 Å². The summed E-state index contributed by atoms with van der Waals surface area (Å²) in [5, 5.41) is 18.7. The van der Waals surface area contributed by atoms with Crippen molar-refractivity contribution in [1.29, 1.82) is 0 Å². The average molecular weight is 358 g/mol. The van der Waals surface area contributed by atoms with Crippen LogP contribution in [0, 0.1) is 0 Å². The monoisotopic (exact) mass is 358 g/mol. The van der Waals surface area contributed by atoms with Gasteiger partial charge in [-0.15, -0.1) is 0 Å². The second-order valence-electron chi connectivity index (χ2n) is 6.52.